The molecule has 4 heteroatoms. The average molecular weight is 159 g/mol. The molecule has 0 aliphatic heterocycles. The molecule has 0 unspecified atom stereocenters. The first kappa shape index (κ1) is 10.1. The molecule has 0 saturated heterocycles. The summed E-state index contributed by atoms with van der Waals surface area (Å²) in [6.07, 6.45) is 1.90. The third-order valence-corrected chi connectivity index (χ3v) is 0.983. The second-order valence-corrected chi connectivity index (χ2v) is 1.92. The van der Waals surface area contributed by atoms with E-state index in [2.05, 4.69) is 0 Å². The molecule has 0 atom stereocenters. The lowest BCUT2D eigenvalue weighted by Crippen LogP contribution is -2.10. The highest BCUT2D eigenvalue weighted by Gasteiger charge is 1.89. The van der Waals surface area contributed by atoms with Gasteiger partial charge in [0.2, 0.25) is 0 Å². The lowest BCUT2D eigenvalue weighted by Gasteiger charge is -2.01. The molecule has 0 bridgehead atoms. The third-order valence-electron chi connectivity index (χ3n) is 0.983. The molecule has 64 valence electrons. The van der Waals surface area contributed by atoms with Crippen LogP contribution in [-0.2, 0) is 14.3 Å². The summed E-state index contributed by atoms with van der Waals surface area (Å²) in [5, 5.41) is 0. The topological polar surface area (TPSA) is 61.6 Å². The number of hydrogen-bond donors (Lipinski definition) is 1. The molecule has 0 saturated carbocycles. The number of aldehydes is 1. The van der Waals surface area contributed by atoms with Crippen LogP contribution < -0.4 is 5.73 Å². The summed E-state index contributed by atoms with van der Waals surface area (Å²) in [5.74, 6) is 0. The zero-order chi connectivity index (χ0) is 8.53. The molecule has 4 nitrogen and oxygen atoms in total. The summed E-state index contributed by atoms with van der Waals surface area (Å²) in [5.41, 5.74) is 5.76. The standard InChI is InChI=1S/C7H13NO3/c1-10-4-5-11-6-7(8)2-3-9/h2-3H,4-6,8H2,1H3/b7-2-. The third kappa shape index (κ3) is 7.02. The van der Waals surface area contributed by atoms with E-state index in [4.69, 9.17) is 15.2 Å². The van der Waals surface area contributed by atoms with E-state index >= 15 is 0 Å². The molecule has 0 spiro atoms. The maximum absolute atomic E-state index is 9.87. The monoisotopic (exact) mass is 159 g/mol. The Labute approximate surface area is 66.0 Å². The fraction of sp³-hybridized carbons (Fsp3) is 0.571. The number of ether oxygens (including phenoxy) is 2. The number of carbonyl (C=O) groups excluding carboxylic acids is 1. The van der Waals surface area contributed by atoms with Gasteiger partial charge in [0, 0.05) is 12.8 Å². The molecule has 0 radical (unpaired) electrons. The maximum atomic E-state index is 9.87. The molecular weight excluding hydrogens is 146 g/mol. The summed E-state index contributed by atoms with van der Waals surface area (Å²) in [7, 11) is 1.59. The second kappa shape index (κ2) is 7.24. The maximum Gasteiger partial charge on any atom is 0.144 e. The van der Waals surface area contributed by atoms with E-state index in [1.165, 1.54) is 6.08 Å². The molecule has 0 aromatic carbocycles. The minimum absolute atomic E-state index is 0.280. The highest BCUT2D eigenvalue weighted by atomic mass is 16.5. The van der Waals surface area contributed by atoms with Gasteiger partial charge < -0.3 is 15.2 Å². The minimum Gasteiger partial charge on any atom is -0.400 e. The van der Waals surface area contributed by atoms with Crippen LogP contribution in [0.25, 0.3) is 0 Å². The molecule has 0 aromatic rings. The Hall–Kier alpha value is -0.870. The molecule has 0 rings (SSSR count). The fourth-order valence-corrected chi connectivity index (χ4v) is 0.468. The van der Waals surface area contributed by atoms with E-state index in [0.29, 0.717) is 25.2 Å². The van der Waals surface area contributed by atoms with Crippen LogP contribution >= 0.6 is 0 Å². The highest BCUT2D eigenvalue weighted by molar-refractivity contribution is 5.65. The van der Waals surface area contributed by atoms with Gasteiger partial charge in [-0.15, -0.1) is 0 Å². The van der Waals surface area contributed by atoms with Crippen LogP contribution in [0.2, 0.25) is 0 Å². The quantitative estimate of drug-likeness (QED) is 0.328. The van der Waals surface area contributed by atoms with E-state index < -0.39 is 0 Å². The number of carbonyl (C=O) groups is 1. The normalized spacial score (nSPS) is 11.5. The van der Waals surface area contributed by atoms with Gasteiger partial charge in [-0.05, 0) is 6.08 Å². The molecule has 11 heavy (non-hydrogen) atoms. The highest BCUT2D eigenvalue weighted by Crippen LogP contribution is 1.83. The van der Waals surface area contributed by atoms with Gasteiger partial charge in [-0.2, -0.15) is 0 Å². The zero-order valence-electron chi connectivity index (χ0n) is 6.58. The second-order valence-electron chi connectivity index (χ2n) is 1.92. The number of rotatable bonds is 6. The molecule has 0 aliphatic rings. The number of hydrogen-bond acceptors (Lipinski definition) is 4. The summed E-state index contributed by atoms with van der Waals surface area (Å²) in [4.78, 5) is 9.87. The van der Waals surface area contributed by atoms with E-state index in [-0.39, 0.29) is 6.61 Å². The van der Waals surface area contributed by atoms with Crippen LogP contribution in [0.5, 0.6) is 0 Å². The first-order chi connectivity index (χ1) is 5.31. The van der Waals surface area contributed by atoms with Crippen molar-refractivity contribution in [3.05, 3.63) is 11.8 Å². The molecule has 0 fully saturated rings. The predicted molar refractivity (Wildman–Crippen MR) is 41.0 cm³/mol. The van der Waals surface area contributed by atoms with Crippen molar-refractivity contribution in [2.24, 2.45) is 5.73 Å². The van der Waals surface area contributed by atoms with Crippen molar-refractivity contribution in [1.82, 2.24) is 0 Å². The van der Waals surface area contributed by atoms with Gasteiger partial charge in [-0.25, -0.2) is 0 Å². The van der Waals surface area contributed by atoms with Crippen molar-refractivity contribution < 1.29 is 14.3 Å². The first-order valence-corrected chi connectivity index (χ1v) is 3.27. The Bertz CT molecular complexity index is 134. The van der Waals surface area contributed by atoms with E-state index in [1.807, 2.05) is 0 Å². The summed E-state index contributed by atoms with van der Waals surface area (Å²) in [6.45, 7) is 1.31. The lowest BCUT2D eigenvalue weighted by atomic mass is 10.4. The van der Waals surface area contributed by atoms with Gasteiger partial charge in [0.1, 0.15) is 6.29 Å². The molecule has 0 aromatic heterocycles. The minimum atomic E-state index is 0.280. The van der Waals surface area contributed by atoms with Crippen molar-refractivity contribution >= 4 is 6.29 Å². The van der Waals surface area contributed by atoms with Crippen molar-refractivity contribution in [2.75, 3.05) is 26.9 Å². The zero-order valence-corrected chi connectivity index (χ0v) is 6.58. The molecular formula is C7H13NO3. The van der Waals surface area contributed by atoms with Crippen LogP contribution in [0.3, 0.4) is 0 Å². The van der Waals surface area contributed by atoms with E-state index in [9.17, 15) is 4.79 Å². The van der Waals surface area contributed by atoms with Crippen LogP contribution in [-0.4, -0.2) is 33.2 Å². The SMILES string of the molecule is COCCOC/C(N)=C/C=O. The van der Waals surface area contributed by atoms with Gasteiger partial charge in [0.25, 0.3) is 0 Å². The molecule has 0 heterocycles. The van der Waals surface area contributed by atoms with Gasteiger partial charge in [-0.3, -0.25) is 4.79 Å². The van der Waals surface area contributed by atoms with Crippen molar-refractivity contribution in [3.8, 4) is 0 Å². The van der Waals surface area contributed by atoms with Gasteiger partial charge in [0.05, 0.1) is 19.8 Å². The number of allylic oxidation sites excluding steroid dienone is 1. The van der Waals surface area contributed by atoms with Gasteiger partial charge in [0.15, 0.2) is 0 Å². The Kier molecular flexibility index (Phi) is 6.67. The number of nitrogens with two attached hydrogens (primary N) is 1. The van der Waals surface area contributed by atoms with E-state index in [0.717, 1.165) is 0 Å². The van der Waals surface area contributed by atoms with Crippen molar-refractivity contribution in [1.29, 1.82) is 0 Å². The summed E-state index contributed by atoms with van der Waals surface area (Å²) < 4.78 is 9.74. The smallest absolute Gasteiger partial charge is 0.144 e. The van der Waals surface area contributed by atoms with Crippen molar-refractivity contribution in [3.63, 3.8) is 0 Å². The largest absolute Gasteiger partial charge is 0.400 e. The predicted octanol–water partition coefficient (Wildman–Crippen LogP) is -0.309. The molecule has 2 N–H and O–H groups in total. The Morgan fingerprint density at radius 2 is 2.27 bits per heavy atom. The first-order valence-electron chi connectivity index (χ1n) is 3.27. The van der Waals surface area contributed by atoms with Crippen molar-refractivity contribution in [2.45, 2.75) is 0 Å². The Morgan fingerprint density at radius 3 is 2.82 bits per heavy atom. The summed E-state index contributed by atoms with van der Waals surface area (Å²) >= 11 is 0. The lowest BCUT2D eigenvalue weighted by molar-refractivity contribution is -0.104. The average Bonchev–Trinajstić information content (AvgIpc) is 1.99. The van der Waals surface area contributed by atoms with Crippen LogP contribution in [0, 0.1) is 0 Å². The Balaban J connectivity index is 3.23. The van der Waals surface area contributed by atoms with Gasteiger partial charge in [-0.1, -0.05) is 0 Å². The van der Waals surface area contributed by atoms with Crippen LogP contribution in [0.1, 0.15) is 0 Å². The van der Waals surface area contributed by atoms with Gasteiger partial charge >= 0.3 is 0 Å². The van der Waals surface area contributed by atoms with E-state index in [1.54, 1.807) is 7.11 Å². The summed E-state index contributed by atoms with van der Waals surface area (Å²) in [6, 6.07) is 0. The number of methoxy groups -OCH3 is 1. The molecule has 0 aliphatic carbocycles. The fourth-order valence-electron chi connectivity index (χ4n) is 0.468. The van der Waals surface area contributed by atoms with Crippen LogP contribution in [0.4, 0.5) is 0 Å². The van der Waals surface area contributed by atoms with Crippen LogP contribution in [0.15, 0.2) is 11.8 Å². The molecule has 0 amide bonds. The Morgan fingerprint density at radius 1 is 1.55 bits per heavy atom.